The van der Waals surface area contributed by atoms with Crippen molar-refractivity contribution in [3.05, 3.63) is 28.8 Å². The van der Waals surface area contributed by atoms with Crippen molar-refractivity contribution in [1.29, 1.82) is 0 Å². The zero-order valence-corrected chi connectivity index (χ0v) is 10.2. The maximum atomic E-state index is 5.93. The third-order valence-electron chi connectivity index (χ3n) is 1.82. The number of halogens is 1. The molecular formula is C11H16ClNS. The van der Waals surface area contributed by atoms with E-state index in [1.165, 1.54) is 10.5 Å². The molecule has 1 nitrogen and oxygen atoms in total. The highest BCUT2D eigenvalue weighted by Gasteiger charge is 2.03. The summed E-state index contributed by atoms with van der Waals surface area (Å²) in [5.74, 6) is 1.79. The van der Waals surface area contributed by atoms with Crippen LogP contribution in [0.4, 0.5) is 0 Å². The lowest BCUT2D eigenvalue weighted by atomic mass is 10.2. The predicted molar refractivity (Wildman–Crippen MR) is 64.9 cm³/mol. The quantitative estimate of drug-likeness (QED) is 0.800. The summed E-state index contributed by atoms with van der Waals surface area (Å²) in [7, 11) is 0. The molecule has 0 spiro atoms. The Bertz CT molecular complexity index is 299. The molecule has 0 aliphatic rings. The van der Waals surface area contributed by atoms with Gasteiger partial charge in [-0.25, -0.2) is 0 Å². The topological polar surface area (TPSA) is 26.0 Å². The molecule has 0 atom stereocenters. The number of benzene rings is 1. The van der Waals surface area contributed by atoms with E-state index in [1.54, 1.807) is 0 Å². The highest BCUT2D eigenvalue weighted by Crippen LogP contribution is 2.27. The summed E-state index contributed by atoms with van der Waals surface area (Å²) in [6.45, 7) is 5.00. The molecule has 14 heavy (non-hydrogen) atoms. The van der Waals surface area contributed by atoms with E-state index in [0.29, 0.717) is 12.5 Å². The molecule has 0 heterocycles. The second-order valence-electron chi connectivity index (χ2n) is 3.66. The summed E-state index contributed by atoms with van der Waals surface area (Å²) in [5, 5.41) is 0.786. The van der Waals surface area contributed by atoms with Gasteiger partial charge in [-0.3, -0.25) is 0 Å². The van der Waals surface area contributed by atoms with Crippen LogP contribution in [0.5, 0.6) is 0 Å². The molecule has 0 bridgehead atoms. The summed E-state index contributed by atoms with van der Waals surface area (Å²) < 4.78 is 0. The van der Waals surface area contributed by atoms with Crippen LogP contribution in [0.3, 0.4) is 0 Å². The van der Waals surface area contributed by atoms with Crippen LogP contribution < -0.4 is 5.73 Å². The summed E-state index contributed by atoms with van der Waals surface area (Å²) >= 11 is 7.76. The molecule has 0 aromatic heterocycles. The molecule has 0 unspecified atom stereocenters. The Morgan fingerprint density at radius 1 is 1.43 bits per heavy atom. The van der Waals surface area contributed by atoms with Gasteiger partial charge in [-0.1, -0.05) is 31.5 Å². The Hall–Kier alpha value is -0.180. The lowest BCUT2D eigenvalue weighted by Gasteiger charge is -2.09. The van der Waals surface area contributed by atoms with Gasteiger partial charge in [-0.05, 0) is 23.6 Å². The minimum atomic E-state index is 0.581. The molecule has 1 aromatic rings. The van der Waals surface area contributed by atoms with E-state index in [2.05, 4.69) is 13.8 Å². The van der Waals surface area contributed by atoms with E-state index in [-0.39, 0.29) is 0 Å². The van der Waals surface area contributed by atoms with E-state index in [0.717, 1.165) is 10.8 Å². The molecule has 0 amide bonds. The Morgan fingerprint density at radius 2 is 2.14 bits per heavy atom. The largest absolute Gasteiger partial charge is 0.326 e. The molecule has 3 heteroatoms. The maximum Gasteiger partial charge on any atom is 0.0417 e. The average Bonchev–Trinajstić information content (AvgIpc) is 2.15. The fourth-order valence-corrected chi connectivity index (χ4v) is 2.38. The van der Waals surface area contributed by atoms with Crippen molar-refractivity contribution >= 4 is 23.4 Å². The molecule has 0 radical (unpaired) electrons. The van der Waals surface area contributed by atoms with Gasteiger partial charge in [0.15, 0.2) is 0 Å². The van der Waals surface area contributed by atoms with Crippen LogP contribution in [0.1, 0.15) is 19.4 Å². The Balaban J connectivity index is 2.77. The van der Waals surface area contributed by atoms with E-state index in [1.807, 2.05) is 30.0 Å². The van der Waals surface area contributed by atoms with Gasteiger partial charge in [0.25, 0.3) is 0 Å². The second-order valence-corrected chi connectivity index (χ2v) is 5.16. The monoisotopic (exact) mass is 229 g/mol. The SMILES string of the molecule is CC(C)CSc1cc(Cl)ccc1CN. The van der Waals surface area contributed by atoms with E-state index >= 15 is 0 Å². The van der Waals surface area contributed by atoms with Gasteiger partial charge in [0.1, 0.15) is 0 Å². The van der Waals surface area contributed by atoms with Crippen LogP contribution in [0.25, 0.3) is 0 Å². The third-order valence-corrected chi connectivity index (χ3v) is 3.58. The van der Waals surface area contributed by atoms with E-state index in [9.17, 15) is 0 Å². The second kappa shape index (κ2) is 5.64. The molecule has 0 saturated carbocycles. The molecule has 1 rings (SSSR count). The van der Waals surface area contributed by atoms with Crippen LogP contribution in [0, 0.1) is 5.92 Å². The first-order valence-electron chi connectivity index (χ1n) is 4.74. The Labute approximate surface area is 95.0 Å². The number of thioether (sulfide) groups is 1. The van der Waals surface area contributed by atoms with Crippen LogP contribution in [-0.4, -0.2) is 5.75 Å². The van der Waals surface area contributed by atoms with Gasteiger partial charge in [0.2, 0.25) is 0 Å². The highest BCUT2D eigenvalue weighted by atomic mass is 35.5. The fraction of sp³-hybridized carbons (Fsp3) is 0.455. The van der Waals surface area contributed by atoms with Gasteiger partial charge in [-0.15, -0.1) is 11.8 Å². The Kier molecular flexibility index (Phi) is 4.79. The van der Waals surface area contributed by atoms with Crippen molar-refractivity contribution in [3.63, 3.8) is 0 Å². The van der Waals surface area contributed by atoms with Crippen molar-refractivity contribution in [2.24, 2.45) is 11.7 Å². The van der Waals surface area contributed by atoms with Crippen molar-refractivity contribution in [2.75, 3.05) is 5.75 Å². The van der Waals surface area contributed by atoms with Crippen LogP contribution in [0.15, 0.2) is 23.1 Å². The van der Waals surface area contributed by atoms with Crippen LogP contribution >= 0.6 is 23.4 Å². The molecule has 0 fully saturated rings. The molecule has 78 valence electrons. The number of rotatable bonds is 4. The lowest BCUT2D eigenvalue weighted by molar-refractivity contribution is 0.750. The highest BCUT2D eigenvalue weighted by molar-refractivity contribution is 7.99. The first kappa shape index (κ1) is 11.9. The number of hydrogen-bond acceptors (Lipinski definition) is 2. The van der Waals surface area contributed by atoms with E-state index in [4.69, 9.17) is 17.3 Å². The summed E-state index contributed by atoms with van der Waals surface area (Å²) in [6, 6.07) is 5.89. The number of hydrogen-bond donors (Lipinski definition) is 1. The van der Waals surface area contributed by atoms with Gasteiger partial charge >= 0.3 is 0 Å². The van der Waals surface area contributed by atoms with Crippen molar-refractivity contribution in [1.82, 2.24) is 0 Å². The zero-order chi connectivity index (χ0) is 10.6. The average molecular weight is 230 g/mol. The maximum absolute atomic E-state index is 5.93. The minimum Gasteiger partial charge on any atom is -0.326 e. The van der Waals surface area contributed by atoms with Gasteiger partial charge in [0.05, 0.1) is 0 Å². The summed E-state index contributed by atoms with van der Waals surface area (Å²) in [5.41, 5.74) is 6.83. The van der Waals surface area contributed by atoms with Crippen molar-refractivity contribution in [3.8, 4) is 0 Å². The van der Waals surface area contributed by atoms with Crippen molar-refractivity contribution in [2.45, 2.75) is 25.3 Å². The third kappa shape index (κ3) is 3.52. The van der Waals surface area contributed by atoms with Gasteiger partial charge < -0.3 is 5.73 Å². The van der Waals surface area contributed by atoms with Crippen LogP contribution in [0.2, 0.25) is 5.02 Å². The van der Waals surface area contributed by atoms with Crippen LogP contribution in [-0.2, 0) is 6.54 Å². The predicted octanol–water partition coefficient (Wildman–Crippen LogP) is 3.55. The zero-order valence-electron chi connectivity index (χ0n) is 8.59. The normalized spacial score (nSPS) is 10.9. The lowest BCUT2D eigenvalue weighted by Crippen LogP contribution is -1.99. The molecule has 1 aromatic carbocycles. The number of nitrogens with two attached hydrogens (primary N) is 1. The van der Waals surface area contributed by atoms with Crippen molar-refractivity contribution < 1.29 is 0 Å². The molecule has 2 N–H and O–H groups in total. The first-order chi connectivity index (χ1) is 6.63. The summed E-state index contributed by atoms with van der Waals surface area (Å²) in [6.07, 6.45) is 0. The van der Waals surface area contributed by atoms with E-state index < -0.39 is 0 Å². The molecule has 0 aliphatic carbocycles. The fourth-order valence-electron chi connectivity index (χ4n) is 1.09. The van der Waals surface area contributed by atoms with Gasteiger partial charge in [0, 0.05) is 22.2 Å². The summed E-state index contributed by atoms with van der Waals surface area (Å²) in [4.78, 5) is 1.22. The Morgan fingerprint density at radius 3 is 2.71 bits per heavy atom. The molecule has 0 aliphatic heterocycles. The first-order valence-corrected chi connectivity index (χ1v) is 6.11. The standard InChI is InChI=1S/C11H16ClNS/c1-8(2)7-14-11-5-10(12)4-3-9(11)6-13/h3-5,8H,6-7,13H2,1-2H3. The molecular weight excluding hydrogens is 214 g/mol. The molecule has 0 saturated heterocycles. The smallest absolute Gasteiger partial charge is 0.0417 e. The minimum absolute atomic E-state index is 0.581. The van der Waals surface area contributed by atoms with Gasteiger partial charge in [-0.2, -0.15) is 0 Å².